The summed E-state index contributed by atoms with van der Waals surface area (Å²) in [6.07, 6.45) is 8.54. The molecule has 0 aromatic rings. The number of hydrogen-bond donors (Lipinski definition) is 1. The summed E-state index contributed by atoms with van der Waals surface area (Å²) < 4.78 is 4.73. The van der Waals surface area contributed by atoms with E-state index in [0.29, 0.717) is 0 Å². The van der Waals surface area contributed by atoms with Crippen LogP contribution < -0.4 is 0 Å². The van der Waals surface area contributed by atoms with Crippen molar-refractivity contribution in [1.82, 2.24) is 0 Å². The Labute approximate surface area is 74.6 Å². The summed E-state index contributed by atoms with van der Waals surface area (Å²) in [6.45, 7) is 3.60. The average Bonchev–Trinajstić information content (AvgIpc) is 2.09. The van der Waals surface area contributed by atoms with Crippen molar-refractivity contribution in [3.05, 3.63) is 25.0 Å². The number of methoxy groups -OCH3 is 1. The Bertz CT molecular complexity index is 130. The van der Waals surface area contributed by atoms with Crippen molar-refractivity contribution in [1.29, 1.82) is 0 Å². The lowest BCUT2D eigenvalue weighted by Crippen LogP contribution is -2.04. The molecule has 12 heavy (non-hydrogen) atoms. The topological polar surface area (TPSA) is 29.5 Å². The van der Waals surface area contributed by atoms with E-state index in [1.54, 1.807) is 13.4 Å². The highest BCUT2D eigenvalue weighted by molar-refractivity contribution is 4.76. The first-order chi connectivity index (χ1) is 5.81. The molecule has 0 bridgehead atoms. The maximum absolute atomic E-state index is 9.36. The number of rotatable bonds is 7. The van der Waals surface area contributed by atoms with Crippen molar-refractivity contribution < 1.29 is 9.84 Å². The zero-order valence-corrected chi connectivity index (χ0v) is 7.70. The second-order valence-electron chi connectivity index (χ2n) is 2.70. The summed E-state index contributed by atoms with van der Waals surface area (Å²) in [4.78, 5) is 0. The van der Waals surface area contributed by atoms with Crippen molar-refractivity contribution in [2.45, 2.75) is 31.8 Å². The van der Waals surface area contributed by atoms with E-state index in [2.05, 4.69) is 6.58 Å². The first-order valence-corrected chi connectivity index (χ1v) is 4.28. The Morgan fingerprint density at radius 3 is 2.67 bits per heavy atom. The third kappa shape index (κ3) is 7.35. The predicted octanol–water partition coefficient (Wildman–Crippen LogP) is 2.25. The van der Waals surface area contributed by atoms with E-state index in [9.17, 15) is 5.11 Å². The zero-order chi connectivity index (χ0) is 9.23. The van der Waals surface area contributed by atoms with E-state index < -0.39 is 0 Å². The van der Waals surface area contributed by atoms with Crippen molar-refractivity contribution in [2.24, 2.45) is 0 Å². The van der Waals surface area contributed by atoms with Gasteiger partial charge in [0.25, 0.3) is 0 Å². The van der Waals surface area contributed by atoms with E-state index in [4.69, 9.17) is 4.74 Å². The second-order valence-corrected chi connectivity index (χ2v) is 2.70. The van der Waals surface area contributed by atoms with E-state index in [1.807, 2.05) is 12.2 Å². The van der Waals surface area contributed by atoms with Crippen molar-refractivity contribution in [3.8, 4) is 0 Å². The molecule has 0 saturated heterocycles. The van der Waals surface area contributed by atoms with Crippen LogP contribution in [0.3, 0.4) is 0 Å². The summed E-state index contributed by atoms with van der Waals surface area (Å²) in [5.74, 6) is 0. The highest BCUT2D eigenvalue weighted by Crippen LogP contribution is 2.05. The molecule has 0 aliphatic rings. The molecular weight excluding hydrogens is 152 g/mol. The molecule has 1 atom stereocenters. The molecule has 1 N–H and O–H groups in total. The van der Waals surface area contributed by atoms with Crippen LogP contribution in [-0.4, -0.2) is 18.3 Å². The number of aliphatic hydroxyl groups excluding tert-OH is 1. The molecule has 0 amide bonds. The molecular formula is C10H18O2. The SMILES string of the molecule is C=CCC[C@@H](O)CC/C=C/OC. The van der Waals surface area contributed by atoms with Crippen LogP contribution in [-0.2, 0) is 4.74 Å². The van der Waals surface area contributed by atoms with E-state index in [0.717, 1.165) is 25.7 Å². The maximum atomic E-state index is 9.36. The predicted molar refractivity (Wildman–Crippen MR) is 50.8 cm³/mol. The first kappa shape index (κ1) is 11.2. The van der Waals surface area contributed by atoms with Crippen LogP contribution >= 0.6 is 0 Å². The third-order valence-corrected chi connectivity index (χ3v) is 1.60. The molecule has 0 aromatic heterocycles. The molecule has 0 rings (SSSR count). The lowest BCUT2D eigenvalue weighted by molar-refractivity contribution is 0.156. The standard InChI is InChI=1S/C10H18O2/c1-3-4-7-10(11)8-5-6-9-12-2/h3,6,9-11H,1,4-5,7-8H2,2H3/b9-6+/t10-/m1/s1. The number of allylic oxidation sites excluding steroid dienone is 2. The van der Waals surface area contributed by atoms with Gasteiger partial charge in [-0.25, -0.2) is 0 Å². The van der Waals surface area contributed by atoms with Crippen LogP contribution in [0, 0.1) is 0 Å². The van der Waals surface area contributed by atoms with E-state index >= 15 is 0 Å². The summed E-state index contributed by atoms with van der Waals surface area (Å²) in [5, 5.41) is 9.36. The summed E-state index contributed by atoms with van der Waals surface area (Å²) in [7, 11) is 1.62. The Morgan fingerprint density at radius 2 is 2.08 bits per heavy atom. The lowest BCUT2D eigenvalue weighted by Gasteiger charge is -2.05. The van der Waals surface area contributed by atoms with E-state index in [-0.39, 0.29) is 6.10 Å². The average molecular weight is 170 g/mol. The molecule has 2 heteroatoms. The van der Waals surface area contributed by atoms with Gasteiger partial charge in [0.2, 0.25) is 0 Å². The molecule has 0 radical (unpaired) electrons. The molecule has 70 valence electrons. The van der Waals surface area contributed by atoms with Gasteiger partial charge < -0.3 is 9.84 Å². The van der Waals surface area contributed by atoms with Crippen LogP contribution in [0.15, 0.2) is 25.0 Å². The van der Waals surface area contributed by atoms with Crippen molar-refractivity contribution in [2.75, 3.05) is 7.11 Å². The smallest absolute Gasteiger partial charge is 0.0784 e. The highest BCUT2D eigenvalue weighted by Gasteiger charge is 1.99. The Morgan fingerprint density at radius 1 is 1.42 bits per heavy atom. The van der Waals surface area contributed by atoms with Crippen molar-refractivity contribution >= 4 is 0 Å². The minimum absolute atomic E-state index is 0.204. The van der Waals surface area contributed by atoms with Crippen LogP contribution in [0.2, 0.25) is 0 Å². The van der Waals surface area contributed by atoms with Crippen LogP contribution in [0.1, 0.15) is 25.7 Å². The summed E-state index contributed by atoms with van der Waals surface area (Å²) >= 11 is 0. The van der Waals surface area contributed by atoms with Gasteiger partial charge in [0, 0.05) is 0 Å². The Balaban J connectivity index is 3.24. The summed E-state index contributed by atoms with van der Waals surface area (Å²) in [5.41, 5.74) is 0. The van der Waals surface area contributed by atoms with Gasteiger partial charge in [-0.1, -0.05) is 6.08 Å². The Hall–Kier alpha value is -0.760. The normalized spacial score (nSPS) is 13.2. The molecule has 0 spiro atoms. The molecule has 0 aliphatic carbocycles. The molecule has 0 aliphatic heterocycles. The number of aliphatic hydroxyl groups is 1. The van der Waals surface area contributed by atoms with Gasteiger partial charge in [0.05, 0.1) is 19.5 Å². The Kier molecular flexibility index (Phi) is 7.81. The highest BCUT2D eigenvalue weighted by atomic mass is 16.5. The van der Waals surface area contributed by atoms with Gasteiger partial charge >= 0.3 is 0 Å². The van der Waals surface area contributed by atoms with Crippen LogP contribution in [0.5, 0.6) is 0 Å². The van der Waals surface area contributed by atoms with Gasteiger partial charge in [-0.05, 0) is 31.8 Å². The molecule has 2 nitrogen and oxygen atoms in total. The maximum Gasteiger partial charge on any atom is 0.0784 e. The quantitative estimate of drug-likeness (QED) is 0.469. The van der Waals surface area contributed by atoms with Crippen LogP contribution in [0.4, 0.5) is 0 Å². The number of ether oxygens (including phenoxy) is 1. The van der Waals surface area contributed by atoms with Gasteiger partial charge in [0.15, 0.2) is 0 Å². The van der Waals surface area contributed by atoms with Gasteiger partial charge in [-0.15, -0.1) is 6.58 Å². The fraction of sp³-hybridized carbons (Fsp3) is 0.600. The molecule has 0 fully saturated rings. The van der Waals surface area contributed by atoms with Gasteiger partial charge in [-0.2, -0.15) is 0 Å². The van der Waals surface area contributed by atoms with Gasteiger partial charge in [0.1, 0.15) is 0 Å². The fourth-order valence-corrected chi connectivity index (χ4v) is 0.907. The molecule has 0 heterocycles. The van der Waals surface area contributed by atoms with E-state index in [1.165, 1.54) is 0 Å². The summed E-state index contributed by atoms with van der Waals surface area (Å²) in [6, 6.07) is 0. The fourth-order valence-electron chi connectivity index (χ4n) is 0.907. The third-order valence-electron chi connectivity index (χ3n) is 1.60. The molecule has 0 saturated carbocycles. The minimum Gasteiger partial charge on any atom is -0.505 e. The lowest BCUT2D eigenvalue weighted by atomic mass is 10.1. The van der Waals surface area contributed by atoms with Crippen molar-refractivity contribution in [3.63, 3.8) is 0 Å². The number of hydrogen-bond acceptors (Lipinski definition) is 2. The minimum atomic E-state index is -0.204. The van der Waals surface area contributed by atoms with Gasteiger partial charge in [-0.3, -0.25) is 0 Å². The molecule has 0 aromatic carbocycles. The monoisotopic (exact) mass is 170 g/mol. The van der Waals surface area contributed by atoms with Crippen LogP contribution in [0.25, 0.3) is 0 Å². The molecule has 0 unspecified atom stereocenters. The first-order valence-electron chi connectivity index (χ1n) is 4.28. The largest absolute Gasteiger partial charge is 0.505 e. The second kappa shape index (κ2) is 8.34. The zero-order valence-electron chi connectivity index (χ0n) is 7.70.